The molecule has 0 aromatic heterocycles. The van der Waals surface area contributed by atoms with Gasteiger partial charge in [0.15, 0.2) is 0 Å². The van der Waals surface area contributed by atoms with Crippen LogP contribution in [-0.2, 0) is 0 Å². The van der Waals surface area contributed by atoms with Crippen LogP contribution in [0.1, 0.15) is 42.9 Å². The van der Waals surface area contributed by atoms with Gasteiger partial charge in [0.25, 0.3) is 0 Å². The maximum atomic E-state index is 3.77. The van der Waals surface area contributed by atoms with Crippen LogP contribution in [0.25, 0.3) is 0 Å². The predicted molar refractivity (Wildman–Crippen MR) is 97.5 cm³/mol. The second-order valence-electron chi connectivity index (χ2n) is 5.90. The lowest BCUT2D eigenvalue weighted by Crippen LogP contribution is -2.24. The minimum atomic E-state index is 0.491. The molecular weight excluding hydrogens is 369 g/mol. The summed E-state index contributed by atoms with van der Waals surface area (Å²) in [5.41, 5.74) is 2.94. The molecule has 2 heteroatoms. The van der Waals surface area contributed by atoms with Crippen LogP contribution in [0.4, 0.5) is 0 Å². The molecule has 0 amide bonds. The van der Waals surface area contributed by atoms with Crippen LogP contribution < -0.4 is 5.32 Å². The zero-order chi connectivity index (χ0) is 14.7. The fourth-order valence-electron chi connectivity index (χ4n) is 3.18. The average molecular weight is 391 g/mol. The summed E-state index contributed by atoms with van der Waals surface area (Å²) in [7, 11) is 0. The quantitative estimate of drug-likeness (QED) is 0.673. The maximum absolute atomic E-state index is 3.77. The van der Waals surface area contributed by atoms with E-state index in [2.05, 4.69) is 89.4 Å². The first-order valence-electron chi connectivity index (χ1n) is 7.83. The molecule has 0 spiro atoms. The zero-order valence-electron chi connectivity index (χ0n) is 12.4. The van der Waals surface area contributed by atoms with Gasteiger partial charge in [0.2, 0.25) is 0 Å². The SMILES string of the molecule is CCCNC(c1cccc(I)c1)C1CC1c1ccccc1. The summed E-state index contributed by atoms with van der Waals surface area (Å²) in [6, 6.07) is 20.4. The van der Waals surface area contributed by atoms with Crippen molar-refractivity contribution >= 4 is 22.6 Å². The van der Waals surface area contributed by atoms with Crippen molar-refractivity contribution in [2.75, 3.05) is 6.54 Å². The molecule has 3 rings (SSSR count). The molecule has 0 saturated heterocycles. The molecule has 3 unspecified atom stereocenters. The number of hydrogen-bond donors (Lipinski definition) is 1. The average Bonchev–Trinajstić information content (AvgIpc) is 3.29. The lowest BCUT2D eigenvalue weighted by Gasteiger charge is -2.20. The summed E-state index contributed by atoms with van der Waals surface area (Å²) in [5.74, 6) is 1.45. The van der Waals surface area contributed by atoms with Crippen molar-refractivity contribution in [3.63, 3.8) is 0 Å². The van der Waals surface area contributed by atoms with Gasteiger partial charge in [-0.25, -0.2) is 0 Å². The lowest BCUT2D eigenvalue weighted by atomic mass is 9.98. The highest BCUT2D eigenvalue weighted by Crippen LogP contribution is 2.54. The van der Waals surface area contributed by atoms with E-state index in [1.807, 2.05) is 0 Å². The number of halogens is 1. The monoisotopic (exact) mass is 391 g/mol. The molecule has 1 N–H and O–H groups in total. The normalized spacial score (nSPS) is 22.0. The molecular formula is C19H22IN. The smallest absolute Gasteiger partial charge is 0.0355 e. The molecule has 1 saturated carbocycles. The van der Waals surface area contributed by atoms with Gasteiger partial charge < -0.3 is 5.32 Å². The molecule has 110 valence electrons. The van der Waals surface area contributed by atoms with Gasteiger partial charge >= 0.3 is 0 Å². The molecule has 1 aliphatic rings. The van der Waals surface area contributed by atoms with Crippen molar-refractivity contribution in [3.8, 4) is 0 Å². The summed E-state index contributed by atoms with van der Waals surface area (Å²) < 4.78 is 1.32. The Morgan fingerprint density at radius 2 is 1.95 bits per heavy atom. The second-order valence-corrected chi connectivity index (χ2v) is 7.15. The molecule has 1 aliphatic carbocycles. The largest absolute Gasteiger partial charge is 0.310 e. The Bertz CT molecular complexity index is 581. The van der Waals surface area contributed by atoms with E-state index in [4.69, 9.17) is 0 Å². The number of rotatable bonds is 6. The highest BCUT2D eigenvalue weighted by atomic mass is 127. The van der Waals surface area contributed by atoms with E-state index in [-0.39, 0.29) is 0 Å². The van der Waals surface area contributed by atoms with Gasteiger partial charge in [-0.3, -0.25) is 0 Å². The minimum Gasteiger partial charge on any atom is -0.310 e. The molecule has 0 radical (unpaired) electrons. The van der Waals surface area contributed by atoms with Crippen LogP contribution in [0, 0.1) is 9.49 Å². The van der Waals surface area contributed by atoms with E-state index in [0.717, 1.165) is 18.4 Å². The summed E-state index contributed by atoms with van der Waals surface area (Å²) in [4.78, 5) is 0. The molecule has 1 fully saturated rings. The molecule has 0 bridgehead atoms. The maximum Gasteiger partial charge on any atom is 0.0355 e. The Morgan fingerprint density at radius 3 is 2.67 bits per heavy atom. The molecule has 0 heterocycles. The number of benzene rings is 2. The zero-order valence-corrected chi connectivity index (χ0v) is 14.6. The van der Waals surface area contributed by atoms with Crippen molar-refractivity contribution in [2.24, 2.45) is 5.92 Å². The number of hydrogen-bond acceptors (Lipinski definition) is 1. The van der Waals surface area contributed by atoms with E-state index in [0.29, 0.717) is 6.04 Å². The third-order valence-corrected chi connectivity index (χ3v) is 4.99. The Hall–Kier alpha value is -0.870. The summed E-state index contributed by atoms with van der Waals surface area (Å²) in [6.07, 6.45) is 2.49. The van der Waals surface area contributed by atoms with Crippen molar-refractivity contribution in [1.29, 1.82) is 0 Å². The minimum absolute atomic E-state index is 0.491. The third kappa shape index (κ3) is 3.67. The van der Waals surface area contributed by atoms with Gasteiger partial charge in [-0.2, -0.15) is 0 Å². The van der Waals surface area contributed by atoms with Crippen LogP contribution in [0.2, 0.25) is 0 Å². The molecule has 1 nitrogen and oxygen atoms in total. The van der Waals surface area contributed by atoms with Gasteiger partial charge in [-0.1, -0.05) is 49.4 Å². The summed E-state index contributed by atoms with van der Waals surface area (Å²) in [5, 5.41) is 3.77. The van der Waals surface area contributed by atoms with Crippen molar-refractivity contribution in [3.05, 3.63) is 69.3 Å². The molecule has 2 aromatic rings. The van der Waals surface area contributed by atoms with Crippen LogP contribution >= 0.6 is 22.6 Å². The first-order valence-corrected chi connectivity index (χ1v) is 8.91. The fraction of sp³-hybridized carbons (Fsp3) is 0.368. The Labute approximate surface area is 141 Å². The van der Waals surface area contributed by atoms with Crippen molar-refractivity contribution in [2.45, 2.75) is 31.7 Å². The predicted octanol–water partition coefficient (Wildman–Crippen LogP) is 5.14. The Balaban J connectivity index is 1.78. The van der Waals surface area contributed by atoms with Crippen LogP contribution in [0.5, 0.6) is 0 Å². The number of nitrogens with one attached hydrogen (secondary N) is 1. The van der Waals surface area contributed by atoms with E-state index in [1.54, 1.807) is 0 Å². The van der Waals surface area contributed by atoms with E-state index < -0.39 is 0 Å². The molecule has 2 aromatic carbocycles. The van der Waals surface area contributed by atoms with E-state index >= 15 is 0 Å². The second kappa shape index (κ2) is 6.93. The highest BCUT2D eigenvalue weighted by molar-refractivity contribution is 14.1. The Kier molecular flexibility index (Phi) is 4.96. The lowest BCUT2D eigenvalue weighted by molar-refractivity contribution is 0.473. The van der Waals surface area contributed by atoms with Gasteiger partial charge in [-0.15, -0.1) is 0 Å². The van der Waals surface area contributed by atoms with Gasteiger partial charge in [0.05, 0.1) is 0 Å². The molecule has 21 heavy (non-hydrogen) atoms. The summed E-state index contributed by atoms with van der Waals surface area (Å²) >= 11 is 2.41. The Morgan fingerprint density at radius 1 is 1.14 bits per heavy atom. The van der Waals surface area contributed by atoms with E-state index in [1.165, 1.54) is 27.5 Å². The van der Waals surface area contributed by atoms with Gasteiger partial charge in [0.1, 0.15) is 0 Å². The van der Waals surface area contributed by atoms with Crippen molar-refractivity contribution < 1.29 is 0 Å². The highest BCUT2D eigenvalue weighted by Gasteiger charge is 2.44. The van der Waals surface area contributed by atoms with Gasteiger partial charge in [-0.05, 0) is 77.1 Å². The van der Waals surface area contributed by atoms with Crippen molar-refractivity contribution in [1.82, 2.24) is 5.32 Å². The fourth-order valence-corrected chi connectivity index (χ4v) is 3.75. The summed E-state index contributed by atoms with van der Waals surface area (Å²) in [6.45, 7) is 3.33. The van der Waals surface area contributed by atoms with Gasteiger partial charge in [0, 0.05) is 9.61 Å². The first kappa shape index (κ1) is 15.0. The van der Waals surface area contributed by atoms with Crippen LogP contribution in [-0.4, -0.2) is 6.54 Å². The topological polar surface area (TPSA) is 12.0 Å². The standard InChI is InChI=1S/C19H22IN/c1-2-11-21-19(15-9-6-10-16(20)12-15)18-13-17(18)14-7-4-3-5-8-14/h3-10,12,17-19,21H,2,11,13H2,1H3. The molecule has 3 atom stereocenters. The molecule has 0 aliphatic heterocycles. The third-order valence-electron chi connectivity index (χ3n) is 4.32. The van der Waals surface area contributed by atoms with Crippen LogP contribution in [0.15, 0.2) is 54.6 Å². The van der Waals surface area contributed by atoms with E-state index in [9.17, 15) is 0 Å². The first-order chi connectivity index (χ1) is 10.3. The van der Waals surface area contributed by atoms with Crippen LogP contribution in [0.3, 0.4) is 0 Å².